The zero-order valence-electron chi connectivity index (χ0n) is 26.2. The van der Waals surface area contributed by atoms with Crippen LogP contribution in [0.3, 0.4) is 0 Å². The minimum absolute atomic E-state index is 0.00260. The summed E-state index contributed by atoms with van der Waals surface area (Å²) in [6, 6.07) is 15.1. The summed E-state index contributed by atoms with van der Waals surface area (Å²) in [6.07, 6.45) is 3.21. The van der Waals surface area contributed by atoms with Gasteiger partial charge in [-0.2, -0.15) is 8.78 Å². The van der Waals surface area contributed by atoms with Gasteiger partial charge in [0.2, 0.25) is 15.7 Å². The van der Waals surface area contributed by atoms with Gasteiger partial charge in [0, 0.05) is 28.9 Å². The number of halogens is 3. The Labute approximate surface area is 270 Å². The van der Waals surface area contributed by atoms with E-state index in [0.717, 1.165) is 52.6 Å². The normalized spacial score (nSPS) is 21.8. The van der Waals surface area contributed by atoms with Crippen molar-refractivity contribution < 1.29 is 31.2 Å². The molecule has 12 heteroatoms. The molecule has 2 aliphatic rings. The van der Waals surface area contributed by atoms with Crippen LogP contribution in [0.4, 0.5) is 18.9 Å². The quantitative estimate of drug-likeness (QED) is 0.247. The fourth-order valence-electron chi connectivity index (χ4n) is 6.71. The number of carbonyl (C=O) groups excluding carboxylic acids is 2. The molecule has 246 valence electrons. The molecule has 1 unspecified atom stereocenters. The number of rotatable bonds is 10. The first-order valence-electron chi connectivity index (χ1n) is 15.3. The smallest absolute Gasteiger partial charge is 0.348 e. The van der Waals surface area contributed by atoms with E-state index in [-0.39, 0.29) is 17.5 Å². The average molecular weight is 674 g/mol. The third-order valence-corrected chi connectivity index (χ3v) is 12.0. The fraction of sp³-hybridized carbons (Fsp3) is 0.412. The first kappa shape index (κ1) is 34.1. The Morgan fingerprint density at radius 3 is 2.37 bits per heavy atom. The number of aryl methyl sites for hydroxylation is 1. The van der Waals surface area contributed by atoms with E-state index in [1.165, 1.54) is 18.2 Å². The highest BCUT2D eigenvalue weighted by Gasteiger charge is 2.51. The number of fused-ring (bicyclic) bond motifs is 2. The molecule has 2 saturated carbocycles. The molecule has 7 nitrogen and oxygen atoms in total. The van der Waals surface area contributed by atoms with Gasteiger partial charge < -0.3 is 15.5 Å². The summed E-state index contributed by atoms with van der Waals surface area (Å²) < 4.78 is 67.1. The number of alkyl halides is 2. The largest absolute Gasteiger partial charge is 0.359 e. The van der Waals surface area contributed by atoms with Crippen LogP contribution in [0.15, 0.2) is 65.6 Å². The highest BCUT2D eigenvalue weighted by Crippen LogP contribution is 2.49. The van der Waals surface area contributed by atoms with Crippen molar-refractivity contribution >= 4 is 36.6 Å². The molecule has 2 fully saturated rings. The van der Waals surface area contributed by atoms with Gasteiger partial charge in [-0.05, 0) is 122 Å². The Morgan fingerprint density at radius 2 is 1.72 bits per heavy atom. The van der Waals surface area contributed by atoms with E-state index in [2.05, 4.69) is 22.5 Å². The van der Waals surface area contributed by atoms with E-state index >= 15 is 4.39 Å². The maximum Gasteiger partial charge on any atom is 0.359 e. The molecule has 2 N–H and O–H groups in total. The summed E-state index contributed by atoms with van der Waals surface area (Å²) in [6.45, 7) is 3.79. The van der Waals surface area contributed by atoms with Crippen LogP contribution in [0.2, 0.25) is 0 Å². The highest BCUT2D eigenvalue weighted by atomic mass is 32.2. The van der Waals surface area contributed by atoms with E-state index in [4.69, 9.17) is 0 Å². The van der Waals surface area contributed by atoms with Gasteiger partial charge in [0.15, 0.2) is 0 Å². The van der Waals surface area contributed by atoms with Crippen LogP contribution in [-0.2, 0) is 21.1 Å². The summed E-state index contributed by atoms with van der Waals surface area (Å²) in [5, 5.41) is 5.74. The molecule has 0 heterocycles. The number of anilines is 1. The second kappa shape index (κ2) is 13.1. The second-order valence-electron chi connectivity index (χ2n) is 12.8. The predicted octanol–water partition coefficient (Wildman–Crippen LogP) is 6.28. The SMILES string of the molecule is Cc1cc(F)c(-c2ccc(C[C@H](C)N(C)C)cc2)cc1C(=O)N[C@@H]1[C@H]2CC[C@@H](C2)[C@@H]1C(=O)Nc1cccc(S(=O)(=O)C(F)(F)P)c1. The summed E-state index contributed by atoms with van der Waals surface area (Å²) in [5.74, 6) is -1.83. The average Bonchev–Trinajstić information content (AvgIpc) is 3.59. The summed E-state index contributed by atoms with van der Waals surface area (Å²) >= 11 is 0. The molecule has 3 aromatic rings. The Kier molecular flexibility index (Phi) is 9.69. The van der Waals surface area contributed by atoms with Gasteiger partial charge in [-0.25, -0.2) is 12.8 Å². The molecule has 5 rings (SSSR count). The van der Waals surface area contributed by atoms with Crippen molar-refractivity contribution in [3.05, 3.63) is 83.2 Å². The lowest BCUT2D eigenvalue weighted by Gasteiger charge is -2.31. The third kappa shape index (κ3) is 6.87. The molecular weight excluding hydrogens is 634 g/mol. The van der Waals surface area contributed by atoms with Gasteiger partial charge >= 0.3 is 5.00 Å². The van der Waals surface area contributed by atoms with Crippen LogP contribution in [0.1, 0.15) is 47.7 Å². The molecule has 46 heavy (non-hydrogen) atoms. The zero-order valence-corrected chi connectivity index (χ0v) is 28.2. The predicted molar refractivity (Wildman–Crippen MR) is 176 cm³/mol. The number of hydrogen-bond acceptors (Lipinski definition) is 5. The van der Waals surface area contributed by atoms with Crippen molar-refractivity contribution in [1.29, 1.82) is 0 Å². The van der Waals surface area contributed by atoms with Crippen LogP contribution in [0.5, 0.6) is 0 Å². The summed E-state index contributed by atoms with van der Waals surface area (Å²) in [4.78, 5) is 24.7. The van der Waals surface area contributed by atoms with Crippen LogP contribution in [-0.4, -0.2) is 56.3 Å². The molecule has 0 aliphatic heterocycles. The molecule has 0 aromatic heterocycles. The Morgan fingerprint density at radius 1 is 1.04 bits per heavy atom. The van der Waals surface area contributed by atoms with Gasteiger partial charge in [-0.3, -0.25) is 9.59 Å². The molecule has 3 aromatic carbocycles. The van der Waals surface area contributed by atoms with Gasteiger partial charge in [0.1, 0.15) is 5.82 Å². The van der Waals surface area contributed by atoms with Crippen molar-refractivity contribution in [2.24, 2.45) is 17.8 Å². The van der Waals surface area contributed by atoms with Crippen molar-refractivity contribution in [2.75, 3.05) is 19.4 Å². The fourth-order valence-corrected chi connectivity index (χ4v) is 7.97. The van der Waals surface area contributed by atoms with Crippen molar-refractivity contribution in [3.8, 4) is 11.1 Å². The summed E-state index contributed by atoms with van der Waals surface area (Å²) in [5.41, 5.74) is 2.90. The van der Waals surface area contributed by atoms with Gasteiger partial charge in [-0.1, -0.05) is 30.3 Å². The Hall–Kier alpha value is -3.27. The maximum absolute atomic E-state index is 15.2. The minimum atomic E-state index is -4.97. The topological polar surface area (TPSA) is 95.6 Å². The number of likely N-dealkylation sites (N-methyl/N-ethyl adjacent to an activating group) is 1. The number of benzene rings is 3. The van der Waals surface area contributed by atoms with Crippen LogP contribution < -0.4 is 10.6 Å². The molecule has 0 saturated heterocycles. The molecule has 2 amide bonds. The van der Waals surface area contributed by atoms with Gasteiger partial charge in [-0.15, -0.1) is 0 Å². The number of nitrogens with zero attached hydrogens (tertiary/aromatic N) is 1. The van der Waals surface area contributed by atoms with Crippen molar-refractivity contribution in [1.82, 2.24) is 10.2 Å². The van der Waals surface area contributed by atoms with E-state index in [1.54, 1.807) is 13.0 Å². The van der Waals surface area contributed by atoms with E-state index in [0.29, 0.717) is 28.3 Å². The monoisotopic (exact) mass is 673 g/mol. The molecule has 2 bridgehead atoms. The first-order chi connectivity index (χ1) is 21.6. The summed E-state index contributed by atoms with van der Waals surface area (Å²) in [7, 11) is 0.0897. The number of hydrogen-bond donors (Lipinski definition) is 2. The molecule has 6 atom stereocenters. The molecule has 0 radical (unpaired) electrons. The number of sulfone groups is 1. The zero-order chi connectivity index (χ0) is 33.6. The standard InChI is InChI=1S/C34H39F3N3O4PS/c1-19-14-29(35)28(22-10-8-21(9-11-22)15-20(2)40(3)4)18-27(19)32(41)39-31-24-13-12-23(16-24)30(31)33(42)38-25-6-5-7-26(17-25)46(43,44)34(36,37)45/h5-11,14,17-18,20,23-24,30-31H,12-13,15-16,45H2,1-4H3,(H,38,42)(H,39,41)/t20-,23-,24-,30-,31+/m0/s1. The first-order valence-corrected chi connectivity index (χ1v) is 17.3. The second-order valence-corrected chi connectivity index (χ2v) is 16.0. The molecule has 0 spiro atoms. The lowest BCUT2D eigenvalue weighted by Crippen LogP contribution is -2.48. The highest BCUT2D eigenvalue weighted by molar-refractivity contribution is 7.96. The van der Waals surface area contributed by atoms with Gasteiger partial charge in [0.25, 0.3) is 5.91 Å². The van der Waals surface area contributed by atoms with Gasteiger partial charge in [0.05, 0.1) is 10.8 Å². The van der Waals surface area contributed by atoms with Crippen LogP contribution in [0.25, 0.3) is 11.1 Å². The van der Waals surface area contributed by atoms with Crippen molar-refractivity contribution in [3.63, 3.8) is 0 Å². The lowest BCUT2D eigenvalue weighted by molar-refractivity contribution is -0.122. The number of amides is 2. The molecular formula is C34H39F3N3O4PS. The van der Waals surface area contributed by atoms with Crippen LogP contribution >= 0.6 is 9.24 Å². The minimum Gasteiger partial charge on any atom is -0.348 e. The van der Waals surface area contributed by atoms with E-state index in [1.807, 2.05) is 38.4 Å². The maximum atomic E-state index is 15.2. The number of nitrogens with one attached hydrogen (secondary N) is 2. The van der Waals surface area contributed by atoms with Crippen LogP contribution in [0, 0.1) is 30.5 Å². The Bertz CT molecular complexity index is 1750. The van der Waals surface area contributed by atoms with E-state index in [9.17, 15) is 26.8 Å². The third-order valence-electron chi connectivity index (χ3n) is 9.52. The lowest BCUT2D eigenvalue weighted by atomic mass is 9.83. The Balaban J connectivity index is 1.34. The number of carbonyl (C=O) groups is 2. The molecule has 2 aliphatic carbocycles. The van der Waals surface area contributed by atoms with E-state index < -0.39 is 49.3 Å². The van der Waals surface area contributed by atoms with Crippen molar-refractivity contribution in [2.45, 2.75) is 61.5 Å².